The van der Waals surface area contributed by atoms with Crippen molar-refractivity contribution in [2.75, 3.05) is 0 Å². The van der Waals surface area contributed by atoms with E-state index in [1.165, 1.54) is 6.42 Å². The molecule has 2 N–H and O–H groups in total. The minimum Gasteiger partial charge on any atom is -0.325 e. The number of hydrogen-bond acceptors (Lipinski definition) is 1. The molecule has 0 aromatic carbocycles. The van der Waals surface area contributed by atoms with Gasteiger partial charge in [0.25, 0.3) is 0 Å². The van der Waals surface area contributed by atoms with Crippen LogP contribution in [0.15, 0.2) is 0 Å². The Balaban J connectivity index is 3.90. The highest BCUT2D eigenvalue weighted by Gasteiger charge is 2.21. The molecule has 0 bridgehead atoms. The standard InChI is InChI=1S/C11H25N/c1-6-9(3)10(4)8-11(5,12)7-2/h9-10H,6-8,12H2,1-5H3. The van der Waals surface area contributed by atoms with E-state index in [0.29, 0.717) is 0 Å². The van der Waals surface area contributed by atoms with Crippen molar-refractivity contribution in [2.24, 2.45) is 17.6 Å². The van der Waals surface area contributed by atoms with Gasteiger partial charge in [-0.1, -0.05) is 34.1 Å². The summed E-state index contributed by atoms with van der Waals surface area (Å²) in [6, 6.07) is 0. The molecular formula is C11H25N. The van der Waals surface area contributed by atoms with Gasteiger partial charge in [0.1, 0.15) is 0 Å². The molecule has 0 radical (unpaired) electrons. The van der Waals surface area contributed by atoms with E-state index in [-0.39, 0.29) is 5.54 Å². The van der Waals surface area contributed by atoms with E-state index in [0.717, 1.165) is 24.7 Å². The summed E-state index contributed by atoms with van der Waals surface area (Å²) in [5.74, 6) is 1.56. The largest absolute Gasteiger partial charge is 0.325 e. The summed E-state index contributed by atoms with van der Waals surface area (Å²) in [7, 11) is 0. The summed E-state index contributed by atoms with van der Waals surface area (Å²) in [5.41, 5.74) is 6.15. The van der Waals surface area contributed by atoms with Gasteiger partial charge in [0.2, 0.25) is 0 Å². The monoisotopic (exact) mass is 171 g/mol. The minimum absolute atomic E-state index is 0.0445. The van der Waals surface area contributed by atoms with Crippen LogP contribution in [-0.4, -0.2) is 5.54 Å². The Bertz CT molecular complexity index is 118. The molecule has 0 amide bonds. The van der Waals surface area contributed by atoms with E-state index >= 15 is 0 Å². The minimum atomic E-state index is 0.0445. The van der Waals surface area contributed by atoms with E-state index in [1.807, 2.05) is 0 Å². The second-order valence-corrected chi connectivity index (χ2v) is 4.57. The van der Waals surface area contributed by atoms with Crippen molar-refractivity contribution in [1.29, 1.82) is 0 Å². The lowest BCUT2D eigenvalue weighted by Crippen LogP contribution is -2.38. The lowest BCUT2D eigenvalue weighted by molar-refractivity contribution is 0.272. The Morgan fingerprint density at radius 1 is 1.17 bits per heavy atom. The summed E-state index contributed by atoms with van der Waals surface area (Å²) in [5, 5.41) is 0. The van der Waals surface area contributed by atoms with Crippen LogP contribution >= 0.6 is 0 Å². The molecule has 0 fully saturated rings. The lowest BCUT2D eigenvalue weighted by atomic mass is 9.81. The third-order valence-corrected chi connectivity index (χ3v) is 3.21. The molecule has 3 atom stereocenters. The quantitative estimate of drug-likeness (QED) is 0.675. The van der Waals surface area contributed by atoms with Crippen molar-refractivity contribution >= 4 is 0 Å². The first-order chi connectivity index (χ1) is 5.43. The zero-order chi connectivity index (χ0) is 9.78. The zero-order valence-corrected chi connectivity index (χ0v) is 9.35. The maximum absolute atomic E-state index is 6.11. The van der Waals surface area contributed by atoms with E-state index < -0.39 is 0 Å². The van der Waals surface area contributed by atoms with E-state index in [9.17, 15) is 0 Å². The highest BCUT2D eigenvalue weighted by Crippen LogP contribution is 2.24. The average molecular weight is 171 g/mol. The third-order valence-electron chi connectivity index (χ3n) is 3.21. The molecule has 0 saturated heterocycles. The first kappa shape index (κ1) is 12.0. The predicted molar refractivity (Wildman–Crippen MR) is 56.1 cm³/mol. The number of rotatable bonds is 5. The molecule has 1 heteroatoms. The fourth-order valence-corrected chi connectivity index (χ4v) is 1.48. The van der Waals surface area contributed by atoms with Gasteiger partial charge in [0.15, 0.2) is 0 Å². The molecular weight excluding hydrogens is 146 g/mol. The van der Waals surface area contributed by atoms with Gasteiger partial charge in [0.05, 0.1) is 0 Å². The molecule has 0 spiro atoms. The molecule has 3 unspecified atom stereocenters. The first-order valence-electron chi connectivity index (χ1n) is 5.21. The summed E-state index contributed by atoms with van der Waals surface area (Å²) < 4.78 is 0. The molecule has 0 aliphatic heterocycles. The van der Waals surface area contributed by atoms with Gasteiger partial charge in [-0.15, -0.1) is 0 Å². The van der Waals surface area contributed by atoms with Crippen LogP contribution < -0.4 is 5.73 Å². The maximum Gasteiger partial charge on any atom is 0.0125 e. The first-order valence-corrected chi connectivity index (χ1v) is 5.21. The molecule has 0 aliphatic rings. The van der Waals surface area contributed by atoms with Crippen molar-refractivity contribution in [3.05, 3.63) is 0 Å². The van der Waals surface area contributed by atoms with Crippen LogP contribution in [0, 0.1) is 11.8 Å². The Hall–Kier alpha value is -0.0400. The topological polar surface area (TPSA) is 26.0 Å². The maximum atomic E-state index is 6.11. The van der Waals surface area contributed by atoms with Gasteiger partial charge in [-0.2, -0.15) is 0 Å². The summed E-state index contributed by atoms with van der Waals surface area (Å²) in [4.78, 5) is 0. The molecule has 0 rings (SSSR count). The molecule has 1 nitrogen and oxygen atoms in total. The van der Waals surface area contributed by atoms with Crippen LogP contribution in [0.25, 0.3) is 0 Å². The van der Waals surface area contributed by atoms with Gasteiger partial charge in [-0.05, 0) is 31.6 Å². The highest BCUT2D eigenvalue weighted by molar-refractivity contribution is 4.80. The fourth-order valence-electron chi connectivity index (χ4n) is 1.48. The summed E-state index contributed by atoms with van der Waals surface area (Å²) >= 11 is 0. The highest BCUT2D eigenvalue weighted by atomic mass is 14.7. The van der Waals surface area contributed by atoms with Gasteiger partial charge < -0.3 is 5.73 Å². The van der Waals surface area contributed by atoms with Crippen LogP contribution in [0.2, 0.25) is 0 Å². The predicted octanol–water partition coefficient (Wildman–Crippen LogP) is 3.19. The Kier molecular flexibility index (Phi) is 4.84. The number of hydrogen-bond donors (Lipinski definition) is 1. The Morgan fingerprint density at radius 2 is 1.67 bits per heavy atom. The average Bonchev–Trinajstić information content (AvgIpc) is 2.02. The smallest absolute Gasteiger partial charge is 0.0125 e. The summed E-state index contributed by atoms with van der Waals surface area (Å²) in [6.07, 6.45) is 3.49. The van der Waals surface area contributed by atoms with Gasteiger partial charge in [-0.3, -0.25) is 0 Å². The Morgan fingerprint density at radius 3 is 2.00 bits per heavy atom. The lowest BCUT2D eigenvalue weighted by Gasteiger charge is -2.29. The second kappa shape index (κ2) is 4.86. The van der Waals surface area contributed by atoms with Crippen LogP contribution in [0.1, 0.15) is 53.9 Å². The van der Waals surface area contributed by atoms with Crippen LogP contribution in [0.4, 0.5) is 0 Å². The second-order valence-electron chi connectivity index (χ2n) is 4.57. The normalized spacial score (nSPS) is 21.5. The zero-order valence-electron chi connectivity index (χ0n) is 9.35. The van der Waals surface area contributed by atoms with Crippen molar-refractivity contribution in [1.82, 2.24) is 0 Å². The summed E-state index contributed by atoms with van der Waals surface area (Å²) in [6.45, 7) is 11.2. The fraction of sp³-hybridized carbons (Fsp3) is 1.00. The van der Waals surface area contributed by atoms with E-state index in [1.54, 1.807) is 0 Å². The van der Waals surface area contributed by atoms with Gasteiger partial charge in [0, 0.05) is 5.54 Å². The van der Waals surface area contributed by atoms with E-state index in [4.69, 9.17) is 5.73 Å². The molecule has 0 saturated carbocycles. The van der Waals surface area contributed by atoms with Crippen LogP contribution in [0.5, 0.6) is 0 Å². The van der Waals surface area contributed by atoms with Gasteiger partial charge in [-0.25, -0.2) is 0 Å². The van der Waals surface area contributed by atoms with Crippen molar-refractivity contribution < 1.29 is 0 Å². The molecule has 0 heterocycles. The Labute approximate surface area is 77.7 Å². The van der Waals surface area contributed by atoms with Crippen molar-refractivity contribution in [3.8, 4) is 0 Å². The molecule has 0 aromatic heterocycles. The molecule has 0 aromatic rings. The van der Waals surface area contributed by atoms with Crippen LogP contribution in [-0.2, 0) is 0 Å². The molecule has 12 heavy (non-hydrogen) atoms. The van der Waals surface area contributed by atoms with Gasteiger partial charge >= 0.3 is 0 Å². The third kappa shape index (κ3) is 4.10. The molecule has 74 valence electrons. The van der Waals surface area contributed by atoms with E-state index in [2.05, 4.69) is 34.6 Å². The molecule has 0 aliphatic carbocycles. The van der Waals surface area contributed by atoms with Crippen molar-refractivity contribution in [3.63, 3.8) is 0 Å². The van der Waals surface area contributed by atoms with Crippen molar-refractivity contribution in [2.45, 2.75) is 59.4 Å². The SMILES string of the molecule is CCC(C)C(C)CC(C)(N)CC. The number of nitrogens with two attached hydrogens (primary N) is 1. The van der Waals surface area contributed by atoms with Crippen LogP contribution in [0.3, 0.4) is 0 Å².